The van der Waals surface area contributed by atoms with Gasteiger partial charge >= 0.3 is 0 Å². The number of hydrogen-bond donors (Lipinski definition) is 0. The van der Waals surface area contributed by atoms with Crippen molar-refractivity contribution < 1.29 is 23.4 Å². The van der Waals surface area contributed by atoms with Crippen LogP contribution in [0.1, 0.15) is 41.5 Å². The highest BCUT2D eigenvalue weighted by atomic mass is 16.7. The van der Waals surface area contributed by atoms with Crippen molar-refractivity contribution in [1.29, 1.82) is 0 Å². The van der Waals surface area contributed by atoms with E-state index in [9.17, 15) is 0 Å². The quantitative estimate of drug-likeness (QED) is 0.454. The molecule has 0 heterocycles. The van der Waals surface area contributed by atoms with E-state index in [0.29, 0.717) is 17.7 Å². The Morgan fingerprint density at radius 3 is 1.32 bits per heavy atom. The zero-order valence-electron chi connectivity index (χ0n) is 13.8. The molecule has 116 valence electrons. The summed E-state index contributed by atoms with van der Waals surface area (Å²) in [5.41, 5.74) is 0. The molecule has 5 heteroatoms. The molecule has 0 amide bonds. The molecule has 4 unspecified atom stereocenters. The smallest absolute Gasteiger partial charge is 0.194 e. The van der Waals surface area contributed by atoms with Crippen LogP contribution in [0.15, 0.2) is 0 Å². The van der Waals surface area contributed by atoms with E-state index >= 15 is 0 Å². The molecule has 0 bridgehead atoms. The first-order valence-electron chi connectivity index (χ1n) is 7.13. The van der Waals surface area contributed by atoms with E-state index in [0.717, 1.165) is 0 Å². The number of rotatable bonds is 10. The van der Waals surface area contributed by atoms with E-state index in [1.807, 2.05) is 41.5 Å². The topological polar surface area (TPSA) is 36.9 Å². The van der Waals surface area contributed by atoms with Crippen LogP contribution < -0.4 is 0 Å². The molecular weight excluding hydrogens is 246 g/mol. The first-order chi connectivity index (χ1) is 8.75. The summed E-state index contributed by atoms with van der Waals surface area (Å²) in [5, 5.41) is 0. The molecule has 0 radical (unpaired) electrons. The fourth-order valence-electron chi connectivity index (χ4n) is 1.71. The van der Waals surface area contributed by atoms with Crippen LogP contribution in [0.4, 0.5) is 0 Å². The van der Waals surface area contributed by atoms with Crippen LogP contribution in [-0.4, -0.2) is 56.8 Å². The molecule has 19 heavy (non-hydrogen) atoms. The summed E-state index contributed by atoms with van der Waals surface area (Å²) in [6, 6.07) is 0. The van der Waals surface area contributed by atoms with Gasteiger partial charge < -0.3 is 18.9 Å². The van der Waals surface area contributed by atoms with Crippen LogP contribution in [0, 0.1) is 0 Å². The third-order valence-corrected chi connectivity index (χ3v) is 3.45. The first kappa shape index (κ1) is 18.8. The van der Waals surface area contributed by atoms with E-state index in [-0.39, 0.29) is 25.0 Å². The van der Waals surface area contributed by atoms with Gasteiger partial charge in [-0.3, -0.25) is 4.48 Å². The van der Waals surface area contributed by atoms with E-state index < -0.39 is 0 Å². The van der Waals surface area contributed by atoms with Crippen LogP contribution in [0.25, 0.3) is 0 Å². The largest absolute Gasteiger partial charge is 0.353 e. The zero-order valence-corrected chi connectivity index (χ0v) is 13.8. The molecule has 0 rings (SSSR count). The summed E-state index contributed by atoms with van der Waals surface area (Å²) < 4.78 is 23.1. The SMILES string of the molecule is CCOC(C)OC(C)[N+](C)(C)C(C)OC(C)OCC. The molecule has 0 fully saturated rings. The lowest BCUT2D eigenvalue weighted by Gasteiger charge is -2.41. The minimum Gasteiger partial charge on any atom is -0.353 e. The molecule has 0 aromatic heterocycles. The Bertz CT molecular complexity index is 213. The summed E-state index contributed by atoms with van der Waals surface area (Å²) in [6.07, 6.45) is -0.501. The van der Waals surface area contributed by atoms with Gasteiger partial charge in [0.15, 0.2) is 25.0 Å². The van der Waals surface area contributed by atoms with Gasteiger partial charge in [-0.2, -0.15) is 0 Å². The number of nitrogens with zero attached hydrogens (tertiary/aromatic N) is 1. The monoisotopic (exact) mass is 278 g/mol. The van der Waals surface area contributed by atoms with Crippen molar-refractivity contribution in [3.63, 3.8) is 0 Å². The maximum atomic E-state index is 5.85. The van der Waals surface area contributed by atoms with Crippen molar-refractivity contribution in [3.8, 4) is 0 Å². The Morgan fingerprint density at radius 1 is 0.737 bits per heavy atom. The normalized spacial score (nSPS) is 18.9. The summed E-state index contributed by atoms with van der Waals surface area (Å²) in [6.45, 7) is 13.1. The molecule has 0 aliphatic carbocycles. The maximum absolute atomic E-state index is 5.85. The standard InChI is InChI=1S/C14H32NO4/c1-9-16-13(5)18-11(3)15(7,8)12(4)19-14(6)17-10-2/h11-14H,9-10H2,1-8H3/q+1. The Hall–Kier alpha value is -0.200. The van der Waals surface area contributed by atoms with Gasteiger partial charge in [0, 0.05) is 27.1 Å². The van der Waals surface area contributed by atoms with Crippen molar-refractivity contribution in [2.75, 3.05) is 27.3 Å². The molecule has 5 nitrogen and oxygen atoms in total. The molecule has 0 spiro atoms. The fourth-order valence-corrected chi connectivity index (χ4v) is 1.71. The number of quaternary nitrogens is 1. The second-order valence-corrected chi connectivity index (χ2v) is 5.15. The summed E-state index contributed by atoms with van der Waals surface area (Å²) >= 11 is 0. The molecule has 0 aliphatic rings. The van der Waals surface area contributed by atoms with Crippen molar-refractivity contribution in [3.05, 3.63) is 0 Å². The van der Waals surface area contributed by atoms with E-state index in [4.69, 9.17) is 18.9 Å². The second-order valence-electron chi connectivity index (χ2n) is 5.15. The Balaban J connectivity index is 4.39. The molecule has 0 aromatic carbocycles. The Kier molecular flexibility index (Phi) is 8.78. The Labute approximate surface area is 118 Å². The minimum atomic E-state index is -0.214. The summed E-state index contributed by atoms with van der Waals surface area (Å²) in [4.78, 5) is 0. The van der Waals surface area contributed by atoms with Crippen LogP contribution in [-0.2, 0) is 18.9 Å². The van der Waals surface area contributed by atoms with Gasteiger partial charge in [0.1, 0.15) is 0 Å². The molecule has 4 atom stereocenters. The predicted molar refractivity (Wildman–Crippen MR) is 75.4 cm³/mol. The van der Waals surface area contributed by atoms with Gasteiger partial charge in [0.2, 0.25) is 0 Å². The third kappa shape index (κ3) is 6.68. The van der Waals surface area contributed by atoms with Gasteiger partial charge in [-0.05, 0) is 27.7 Å². The zero-order chi connectivity index (χ0) is 15.1. The molecule has 0 N–H and O–H groups in total. The first-order valence-corrected chi connectivity index (χ1v) is 7.13. The van der Waals surface area contributed by atoms with Crippen molar-refractivity contribution in [1.82, 2.24) is 0 Å². The van der Waals surface area contributed by atoms with Crippen LogP contribution in [0.5, 0.6) is 0 Å². The molecule has 0 aromatic rings. The van der Waals surface area contributed by atoms with Crippen molar-refractivity contribution >= 4 is 0 Å². The van der Waals surface area contributed by atoms with Crippen LogP contribution in [0.3, 0.4) is 0 Å². The lowest BCUT2D eigenvalue weighted by Crippen LogP contribution is -2.57. The van der Waals surface area contributed by atoms with Gasteiger partial charge in [0.25, 0.3) is 0 Å². The van der Waals surface area contributed by atoms with E-state index in [1.54, 1.807) is 0 Å². The maximum Gasteiger partial charge on any atom is 0.194 e. The highest BCUT2D eigenvalue weighted by molar-refractivity contribution is 4.43. The number of hydrogen-bond acceptors (Lipinski definition) is 4. The second kappa shape index (κ2) is 8.87. The molecule has 0 aliphatic heterocycles. The lowest BCUT2D eigenvalue weighted by molar-refractivity contribution is -0.979. The third-order valence-electron chi connectivity index (χ3n) is 3.45. The van der Waals surface area contributed by atoms with Gasteiger partial charge in [0.05, 0.1) is 14.1 Å². The molecule has 0 saturated heterocycles. The van der Waals surface area contributed by atoms with Crippen molar-refractivity contribution in [2.45, 2.75) is 66.6 Å². The Morgan fingerprint density at radius 2 is 1.05 bits per heavy atom. The van der Waals surface area contributed by atoms with Crippen LogP contribution >= 0.6 is 0 Å². The van der Waals surface area contributed by atoms with Crippen LogP contribution in [0.2, 0.25) is 0 Å². The van der Waals surface area contributed by atoms with Crippen molar-refractivity contribution in [2.24, 2.45) is 0 Å². The highest BCUT2D eigenvalue weighted by Gasteiger charge is 2.34. The predicted octanol–water partition coefficient (Wildman–Crippen LogP) is 2.55. The van der Waals surface area contributed by atoms with Gasteiger partial charge in [-0.15, -0.1) is 0 Å². The molecule has 0 saturated carbocycles. The lowest BCUT2D eigenvalue weighted by atomic mass is 10.4. The number of ether oxygens (including phenoxy) is 4. The average molecular weight is 278 g/mol. The highest BCUT2D eigenvalue weighted by Crippen LogP contribution is 2.18. The van der Waals surface area contributed by atoms with E-state index in [1.165, 1.54) is 0 Å². The average Bonchev–Trinajstić information content (AvgIpc) is 2.29. The molecular formula is C14H32NO4+. The minimum absolute atomic E-state index is 0.0367. The summed E-state index contributed by atoms with van der Waals surface area (Å²) in [5.74, 6) is 0. The van der Waals surface area contributed by atoms with E-state index in [2.05, 4.69) is 14.1 Å². The van der Waals surface area contributed by atoms with Gasteiger partial charge in [-0.1, -0.05) is 0 Å². The summed E-state index contributed by atoms with van der Waals surface area (Å²) in [7, 11) is 4.15. The fraction of sp³-hybridized carbons (Fsp3) is 1.00. The van der Waals surface area contributed by atoms with Gasteiger partial charge in [-0.25, -0.2) is 0 Å².